The molecule has 1 aliphatic heterocycles. The normalized spacial score (nSPS) is 17.6. The van der Waals surface area contributed by atoms with Crippen molar-refractivity contribution in [2.24, 2.45) is 0 Å². The zero-order valence-corrected chi connectivity index (χ0v) is 12.3. The van der Waals surface area contributed by atoms with Gasteiger partial charge in [-0.15, -0.1) is 0 Å². The van der Waals surface area contributed by atoms with Gasteiger partial charge in [-0.3, -0.25) is 4.79 Å². The number of aliphatic hydroxyl groups is 1. The fourth-order valence-corrected chi connectivity index (χ4v) is 3.55. The monoisotopic (exact) mass is 295 g/mol. The molecule has 0 unspecified atom stereocenters. The van der Waals surface area contributed by atoms with Gasteiger partial charge in [0, 0.05) is 12.1 Å². The number of ether oxygens (including phenoxy) is 1. The van der Waals surface area contributed by atoms with Crippen LogP contribution in [0, 0.1) is 0 Å². The van der Waals surface area contributed by atoms with Gasteiger partial charge in [0.2, 0.25) is 0 Å². The number of carbonyl (C=O) groups is 1. The lowest BCUT2D eigenvalue weighted by molar-refractivity contribution is -0.0608. The molecule has 1 saturated heterocycles. The first kappa shape index (κ1) is 15.4. The number of benzene rings is 1. The lowest BCUT2D eigenvalue weighted by Gasteiger charge is -2.37. The lowest BCUT2D eigenvalue weighted by atomic mass is 9.96. The van der Waals surface area contributed by atoms with Gasteiger partial charge in [0.25, 0.3) is 5.91 Å². The number of hydrogen-bond donors (Lipinski definition) is 2. The van der Waals surface area contributed by atoms with Gasteiger partial charge >= 0.3 is 0 Å². The Labute approximate surface area is 123 Å². The average Bonchev–Trinajstić information content (AvgIpc) is 2.52. The second-order valence-electron chi connectivity index (χ2n) is 4.92. The molecule has 1 heterocycles. The molecule has 0 aromatic heterocycles. The Bertz CT molecular complexity index is 418. The van der Waals surface area contributed by atoms with Crippen molar-refractivity contribution in [2.45, 2.75) is 18.4 Å². The van der Waals surface area contributed by atoms with Gasteiger partial charge in [-0.2, -0.15) is 11.8 Å². The van der Waals surface area contributed by atoms with Gasteiger partial charge in [0.1, 0.15) is 0 Å². The largest absolute Gasteiger partial charge is 0.394 e. The summed E-state index contributed by atoms with van der Waals surface area (Å²) in [6.07, 6.45) is 1.82. The summed E-state index contributed by atoms with van der Waals surface area (Å²) >= 11 is 1.91. The summed E-state index contributed by atoms with van der Waals surface area (Å²) < 4.78 is 5.83. The van der Waals surface area contributed by atoms with Crippen LogP contribution >= 0.6 is 11.8 Å². The van der Waals surface area contributed by atoms with E-state index >= 15 is 0 Å². The molecule has 1 aromatic rings. The van der Waals surface area contributed by atoms with Crippen molar-refractivity contribution in [3.8, 4) is 0 Å². The highest BCUT2D eigenvalue weighted by Crippen LogP contribution is 2.30. The molecule has 5 heteroatoms. The number of hydrogen-bond acceptors (Lipinski definition) is 4. The van der Waals surface area contributed by atoms with E-state index in [4.69, 9.17) is 9.84 Å². The van der Waals surface area contributed by atoms with Crippen molar-refractivity contribution in [1.29, 1.82) is 0 Å². The van der Waals surface area contributed by atoms with Crippen LogP contribution in [0.15, 0.2) is 30.3 Å². The van der Waals surface area contributed by atoms with Crippen LogP contribution in [0.1, 0.15) is 23.2 Å². The third-order valence-electron chi connectivity index (χ3n) is 3.51. The number of nitrogens with one attached hydrogen (secondary N) is 1. The van der Waals surface area contributed by atoms with Gasteiger partial charge in [0.05, 0.1) is 18.8 Å². The molecule has 4 nitrogen and oxygen atoms in total. The molecule has 0 atom stereocenters. The first-order chi connectivity index (χ1) is 9.76. The van der Waals surface area contributed by atoms with Gasteiger partial charge < -0.3 is 15.2 Å². The molecule has 0 bridgehead atoms. The molecule has 0 aliphatic carbocycles. The molecule has 2 N–H and O–H groups in total. The van der Waals surface area contributed by atoms with Crippen molar-refractivity contribution in [2.75, 3.05) is 31.3 Å². The van der Waals surface area contributed by atoms with Gasteiger partial charge in [-0.25, -0.2) is 0 Å². The Morgan fingerprint density at radius 3 is 2.65 bits per heavy atom. The van der Waals surface area contributed by atoms with Crippen LogP contribution in [0.5, 0.6) is 0 Å². The van der Waals surface area contributed by atoms with E-state index in [0.717, 1.165) is 24.3 Å². The first-order valence-corrected chi connectivity index (χ1v) is 8.07. The van der Waals surface area contributed by atoms with Crippen molar-refractivity contribution in [3.63, 3.8) is 0 Å². The van der Waals surface area contributed by atoms with Gasteiger partial charge in [-0.05, 0) is 36.5 Å². The smallest absolute Gasteiger partial charge is 0.251 e. The zero-order valence-electron chi connectivity index (χ0n) is 11.5. The van der Waals surface area contributed by atoms with Gasteiger partial charge in [-0.1, -0.05) is 18.2 Å². The molecule has 1 aromatic carbocycles. The van der Waals surface area contributed by atoms with Crippen molar-refractivity contribution in [3.05, 3.63) is 35.9 Å². The number of thioether (sulfide) groups is 1. The van der Waals surface area contributed by atoms with Crippen LogP contribution in [0.3, 0.4) is 0 Å². The van der Waals surface area contributed by atoms with Crippen molar-refractivity contribution >= 4 is 17.7 Å². The zero-order chi connectivity index (χ0) is 14.3. The van der Waals surface area contributed by atoms with E-state index in [1.807, 2.05) is 30.0 Å². The topological polar surface area (TPSA) is 58.6 Å². The quantitative estimate of drug-likeness (QED) is 0.838. The summed E-state index contributed by atoms with van der Waals surface area (Å²) in [5, 5.41) is 11.9. The minimum atomic E-state index is -0.321. The third kappa shape index (κ3) is 4.23. The highest BCUT2D eigenvalue weighted by Gasteiger charge is 2.33. The summed E-state index contributed by atoms with van der Waals surface area (Å²) in [4.78, 5) is 12.1. The van der Waals surface area contributed by atoms with E-state index in [1.165, 1.54) is 0 Å². The number of amides is 1. The Morgan fingerprint density at radius 2 is 2.00 bits per heavy atom. The minimum absolute atomic E-state index is 0.0154. The van der Waals surface area contributed by atoms with Gasteiger partial charge in [0.15, 0.2) is 0 Å². The van der Waals surface area contributed by atoms with Crippen LogP contribution in [-0.2, 0) is 4.74 Å². The third-order valence-corrected chi connectivity index (χ3v) is 4.50. The predicted molar refractivity (Wildman–Crippen MR) is 81.1 cm³/mol. The molecule has 0 saturated carbocycles. The molecule has 20 heavy (non-hydrogen) atoms. The van der Waals surface area contributed by atoms with Crippen LogP contribution < -0.4 is 5.32 Å². The number of rotatable bonds is 6. The second-order valence-corrected chi connectivity index (χ2v) is 6.14. The summed E-state index contributed by atoms with van der Waals surface area (Å²) in [6, 6.07) is 9.19. The predicted octanol–water partition coefficient (Wildman–Crippen LogP) is 1.69. The SMILES string of the molecule is O=C(NCC1(OCCO)CCSCC1)c1ccccc1. The number of carbonyl (C=O) groups excluding carboxylic acids is 1. The van der Waals surface area contributed by atoms with E-state index in [9.17, 15) is 4.79 Å². The summed E-state index contributed by atoms with van der Waals surface area (Å²) in [6.45, 7) is 0.842. The molecule has 1 fully saturated rings. The lowest BCUT2D eigenvalue weighted by Crippen LogP contribution is -2.48. The average molecular weight is 295 g/mol. The molecular formula is C15H21NO3S. The molecule has 2 rings (SSSR count). The Morgan fingerprint density at radius 1 is 1.30 bits per heavy atom. The minimum Gasteiger partial charge on any atom is -0.394 e. The Balaban J connectivity index is 1.93. The van der Waals surface area contributed by atoms with Crippen LogP contribution in [0.25, 0.3) is 0 Å². The second kappa shape index (κ2) is 7.67. The maximum absolute atomic E-state index is 12.1. The van der Waals surface area contributed by atoms with E-state index in [-0.39, 0.29) is 18.1 Å². The van der Waals surface area contributed by atoms with E-state index in [2.05, 4.69) is 5.32 Å². The molecule has 1 amide bonds. The highest BCUT2D eigenvalue weighted by atomic mass is 32.2. The summed E-state index contributed by atoms with van der Waals surface area (Å²) in [5.41, 5.74) is 0.341. The van der Waals surface area contributed by atoms with E-state index in [0.29, 0.717) is 18.7 Å². The fraction of sp³-hybridized carbons (Fsp3) is 0.533. The summed E-state index contributed by atoms with van der Waals surface area (Å²) in [7, 11) is 0. The van der Waals surface area contributed by atoms with Crippen molar-refractivity contribution in [1.82, 2.24) is 5.32 Å². The molecular weight excluding hydrogens is 274 g/mol. The Kier molecular flexibility index (Phi) is 5.88. The Hall–Kier alpha value is -1.04. The van der Waals surface area contributed by atoms with Crippen LogP contribution in [-0.4, -0.2) is 47.9 Å². The molecule has 0 radical (unpaired) electrons. The van der Waals surface area contributed by atoms with E-state index < -0.39 is 0 Å². The maximum Gasteiger partial charge on any atom is 0.251 e. The first-order valence-electron chi connectivity index (χ1n) is 6.92. The van der Waals surface area contributed by atoms with Crippen molar-refractivity contribution < 1.29 is 14.6 Å². The highest BCUT2D eigenvalue weighted by molar-refractivity contribution is 7.99. The van der Waals surface area contributed by atoms with Crippen LogP contribution in [0.2, 0.25) is 0 Å². The summed E-state index contributed by atoms with van der Waals surface area (Å²) in [5.74, 6) is 2.00. The standard InChI is InChI=1S/C15H21NO3S/c17-8-9-19-15(6-10-20-11-7-15)12-16-14(18)13-4-2-1-3-5-13/h1-5,17H,6-12H2,(H,16,18). The fourth-order valence-electron chi connectivity index (χ4n) is 2.31. The molecule has 1 aliphatic rings. The molecule has 0 spiro atoms. The van der Waals surface area contributed by atoms with E-state index in [1.54, 1.807) is 12.1 Å². The number of aliphatic hydroxyl groups excluding tert-OH is 1. The van der Waals surface area contributed by atoms with Crippen LogP contribution in [0.4, 0.5) is 0 Å². The maximum atomic E-state index is 12.1. The molecule has 110 valence electrons.